The van der Waals surface area contributed by atoms with Crippen LogP contribution in [0.5, 0.6) is 0 Å². The number of nitrogens with zero attached hydrogens (tertiary/aromatic N) is 1. The first-order valence-corrected chi connectivity index (χ1v) is 8.13. The van der Waals surface area contributed by atoms with Crippen LogP contribution >= 0.6 is 0 Å². The molecule has 0 spiro atoms. The molecule has 0 saturated carbocycles. The fourth-order valence-corrected chi connectivity index (χ4v) is 3.18. The average Bonchev–Trinajstić information content (AvgIpc) is 2.98. The number of halogens is 3. The third-order valence-corrected chi connectivity index (χ3v) is 4.74. The fraction of sp³-hybridized carbons (Fsp3) is 0.462. The number of likely N-dealkylation sites (tertiary alicyclic amines) is 1. The largest absolute Gasteiger partial charge is 0.416 e. The van der Waals surface area contributed by atoms with Crippen LogP contribution in [0.1, 0.15) is 18.4 Å². The predicted molar refractivity (Wildman–Crippen MR) is 72.4 cm³/mol. The summed E-state index contributed by atoms with van der Waals surface area (Å²) < 4.78 is 63.8. The maximum atomic E-state index is 12.6. The molecule has 1 aromatic rings. The molecule has 9 heteroatoms. The normalized spacial score (nSPS) is 16.0. The van der Waals surface area contributed by atoms with E-state index in [9.17, 15) is 26.4 Å². The van der Waals surface area contributed by atoms with Crippen molar-refractivity contribution in [2.24, 2.45) is 0 Å². The molecule has 1 fully saturated rings. The Hall–Kier alpha value is -1.61. The molecule has 22 heavy (non-hydrogen) atoms. The molecule has 0 unspecified atom stereocenters. The van der Waals surface area contributed by atoms with Crippen LogP contribution in [-0.4, -0.2) is 38.9 Å². The zero-order valence-electron chi connectivity index (χ0n) is 11.6. The lowest BCUT2D eigenvalue weighted by molar-refractivity contribution is -0.137. The number of carbonyl (C=O) groups excluding carboxylic acids is 1. The van der Waals surface area contributed by atoms with Crippen molar-refractivity contribution in [2.45, 2.75) is 23.9 Å². The van der Waals surface area contributed by atoms with Gasteiger partial charge in [0.15, 0.2) is 0 Å². The molecule has 1 amide bonds. The van der Waals surface area contributed by atoms with E-state index in [4.69, 9.17) is 0 Å². The highest BCUT2D eigenvalue weighted by Gasteiger charge is 2.31. The number of hydrogen-bond acceptors (Lipinski definition) is 3. The number of carbonyl (C=O) groups is 1. The van der Waals surface area contributed by atoms with Crippen molar-refractivity contribution in [3.8, 4) is 0 Å². The molecule has 1 aliphatic rings. The quantitative estimate of drug-likeness (QED) is 0.908. The Morgan fingerprint density at radius 1 is 1.23 bits per heavy atom. The van der Waals surface area contributed by atoms with Crippen LogP contribution in [-0.2, 0) is 21.0 Å². The average molecular weight is 336 g/mol. The second-order valence-corrected chi connectivity index (χ2v) is 6.70. The van der Waals surface area contributed by atoms with Gasteiger partial charge in [-0.1, -0.05) is 6.07 Å². The number of benzene rings is 1. The lowest BCUT2D eigenvalue weighted by atomic mass is 10.2. The summed E-state index contributed by atoms with van der Waals surface area (Å²) >= 11 is 0. The molecule has 1 saturated heterocycles. The Morgan fingerprint density at radius 3 is 2.45 bits per heavy atom. The highest BCUT2D eigenvalue weighted by Crippen LogP contribution is 2.30. The van der Waals surface area contributed by atoms with E-state index in [1.807, 2.05) is 4.72 Å². The van der Waals surface area contributed by atoms with Crippen LogP contribution in [0.15, 0.2) is 29.2 Å². The monoisotopic (exact) mass is 336 g/mol. The molecule has 2 rings (SSSR count). The van der Waals surface area contributed by atoms with Gasteiger partial charge < -0.3 is 4.90 Å². The lowest BCUT2D eigenvalue weighted by Crippen LogP contribution is -2.38. The molecule has 1 aliphatic heterocycles. The minimum Gasteiger partial charge on any atom is -0.342 e. The summed E-state index contributed by atoms with van der Waals surface area (Å²) in [4.78, 5) is 12.8. The van der Waals surface area contributed by atoms with E-state index in [0.29, 0.717) is 19.2 Å². The van der Waals surface area contributed by atoms with Crippen molar-refractivity contribution in [3.05, 3.63) is 29.8 Å². The molecule has 1 aromatic carbocycles. The molecule has 5 nitrogen and oxygen atoms in total. The number of rotatable bonds is 4. The van der Waals surface area contributed by atoms with Gasteiger partial charge in [0.1, 0.15) is 0 Å². The van der Waals surface area contributed by atoms with Gasteiger partial charge >= 0.3 is 6.18 Å². The van der Waals surface area contributed by atoms with Crippen molar-refractivity contribution in [1.29, 1.82) is 0 Å². The summed E-state index contributed by atoms with van der Waals surface area (Å²) in [5, 5.41) is 0. The zero-order chi connectivity index (χ0) is 16.4. The summed E-state index contributed by atoms with van der Waals surface area (Å²) in [5.74, 6) is -0.381. The second-order valence-electron chi connectivity index (χ2n) is 4.94. The van der Waals surface area contributed by atoms with Crippen LogP contribution in [0.3, 0.4) is 0 Å². The van der Waals surface area contributed by atoms with Crippen LogP contribution in [0, 0.1) is 0 Å². The Bertz CT molecular complexity index is 653. The van der Waals surface area contributed by atoms with Gasteiger partial charge in [-0.15, -0.1) is 0 Å². The number of nitrogens with one attached hydrogen (secondary N) is 1. The van der Waals surface area contributed by atoms with E-state index in [1.165, 1.54) is 4.90 Å². The Labute approximate surface area is 126 Å². The molecule has 0 atom stereocenters. The number of hydrogen-bond donors (Lipinski definition) is 1. The molecule has 0 aliphatic carbocycles. The first-order valence-electron chi connectivity index (χ1n) is 6.65. The van der Waals surface area contributed by atoms with Gasteiger partial charge in [-0.25, -0.2) is 13.1 Å². The van der Waals surface area contributed by atoms with Gasteiger partial charge in [0, 0.05) is 13.1 Å². The van der Waals surface area contributed by atoms with E-state index in [-0.39, 0.29) is 5.91 Å². The topological polar surface area (TPSA) is 66.5 Å². The molecule has 0 bridgehead atoms. The third kappa shape index (κ3) is 3.98. The van der Waals surface area contributed by atoms with Crippen LogP contribution in [0.4, 0.5) is 13.2 Å². The van der Waals surface area contributed by atoms with Gasteiger partial charge in [0.05, 0.1) is 17.0 Å². The Balaban J connectivity index is 2.08. The summed E-state index contributed by atoms with van der Waals surface area (Å²) in [7, 11) is -4.17. The summed E-state index contributed by atoms with van der Waals surface area (Å²) in [5.41, 5.74) is -1.05. The maximum Gasteiger partial charge on any atom is 0.416 e. The zero-order valence-corrected chi connectivity index (χ0v) is 12.4. The minimum atomic E-state index is -4.63. The van der Waals surface area contributed by atoms with Crippen molar-refractivity contribution in [1.82, 2.24) is 9.62 Å². The van der Waals surface area contributed by atoms with Gasteiger partial charge in [-0.3, -0.25) is 4.79 Å². The molecule has 1 N–H and O–H groups in total. The van der Waals surface area contributed by atoms with Gasteiger partial charge in [0.2, 0.25) is 15.9 Å². The highest BCUT2D eigenvalue weighted by molar-refractivity contribution is 7.89. The van der Waals surface area contributed by atoms with Gasteiger partial charge in [0.25, 0.3) is 0 Å². The van der Waals surface area contributed by atoms with Crippen molar-refractivity contribution < 1.29 is 26.4 Å². The summed E-state index contributed by atoms with van der Waals surface area (Å²) in [6.07, 6.45) is -2.89. The minimum absolute atomic E-state index is 0.381. The van der Waals surface area contributed by atoms with E-state index in [1.54, 1.807) is 0 Å². The van der Waals surface area contributed by atoms with Gasteiger partial charge in [-0.2, -0.15) is 13.2 Å². The maximum absolute atomic E-state index is 12.6. The van der Waals surface area contributed by atoms with Crippen molar-refractivity contribution in [3.63, 3.8) is 0 Å². The number of alkyl halides is 3. The number of amides is 1. The molecule has 0 radical (unpaired) electrons. The second kappa shape index (κ2) is 6.25. The van der Waals surface area contributed by atoms with Crippen molar-refractivity contribution >= 4 is 15.9 Å². The lowest BCUT2D eigenvalue weighted by Gasteiger charge is -2.16. The standard InChI is InChI=1S/C13H15F3N2O3S/c14-13(15,16)10-4-3-5-11(8-10)22(20,21)17-9-12(19)18-6-1-2-7-18/h3-5,8,17H,1-2,6-7,9H2. The summed E-state index contributed by atoms with van der Waals surface area (Å²) in [6.45, 7) is 0.687. The van der Waals surface area contributed by atoms with E-state index >= 15 is 0 Å². The Kier molecular flexibility index (Phi) is 4.76. The number of sulfonamides is 1. The molecule has 122 valence electrons. The SMILES string of the molecule is O=C(CNS(=O)(=O)c1cccc(C(F)(F)F)c1)N1CCCC1. The van der Waals surface area contributed by atoms with Crippen LogP contribution in [0.25, 0.3) is 0 Å². The van der Waals surface area contributed by atoms with E-state index < -0.39 is 33.2 Å². The first-order chi connectivity index (χ1) is 10.2. The van der Waals surface area contributed by atoms with Crippen molar-refractivity contribution in [2.75, 3.05) is 19.6 Å². The van der Waals surface area contributed by atoms with Gasteiger partial charge in [-0.05, 0) is 31.0 Å². The Morgan fingerprint density at radius 2 is 1.86 bits per heavy atom. The smallest absolute Gasteiger partial charge is 0.342 e. The first kappa shape index (κ1) is 16.8. The molecular formula is C13H15F3N2O3S. The predicted octanol–water partition coefficient (Wildman–Crippen LogP) is 1.61. The molecule has 0 aromatic heterocycles. The molecular weight excluding hydrogens is 321 g/mol. The fourth-order valence-electron chi connectivity index (χ4n) is 2.16. The molecule has 1 heterocycles. The van der Waals surface area contributed by atoms with Crippen LogP contribution in [0.2, 0.25) is 0 Å². The highest BCUT2D eigenvalue weighted by atomic mass is 32.2. The van der Waals surface area contributed by atoms with Crippen LogP contribution < -0.4 is 4.72 Å². The van der Waals surface area contributed by atoms with E-state index in [2.05, 4.69) is 0 Å². The third-order valence-electron chi connectivity index (χ3n) is 3.34. The summed E-state index contributed by atoms with van der Waals surface area (Å²) in [6, 6.07) is 3.40. The van der Waals surface area contributed by atoms with E-state index in [0.717, 1.165) is 31.0 Å².